The second-order valence-corrected chi connectivity index (χ2v) is 5.38. The summed E-state index contributed by atoms with van der Waals surface area (Å²) in [7, 11) is 0. The second kappa shape index (κ2) is 5.60. The Hall–Kier alpha value is -0.230. The van der Waals surface area contributed by atoms with Crippen LogP contribution in [0.3, 0.4) is 0 Å². The molecule has 0 aliphatic heterocycles. The highest BCUT2D eigenvalue weighted by Gasteiger charge is 2.03. The minimum Gasteiger partial charge on any atom is -0.481 e. The average Bonchev–Trinajstić information content (AvgIpc) is 2.01. The Morgan fingerprint density at radius 1 is 1.50 bits per heavy atom. The summed E-state index contributed by atoms with van der Waals surface area (Å²) >= 11 is 3.94. The topological polar surface area (TPSA) is 37.3 Å². The number of hydrogen-bond donors (Lipinski definition) is 1. The molecule has 76 valence electrons. The molecule has 1 aromatic rings. The van der Waals surface area contributed by atoms with Crippen molar-refractivity contribution in [2.75, 3.05) is 5.75 Å². The largest absolute Gasteiger partial charge is 0.481 e. The minimum atomic E-state index is -0.778. The van der Waals surface area contributed by atoms with Crippen molar-refractivity contribution in [3.63, 3.8) is 0 Å². The Bertz CT molecular complexity index is 339. The molecule has 0 spiro atoms. The average molecular weight is 322 g/mol. The summed E-state index contributed by atoms with van der Waals surface area (Å²) in [6.45, 7) is 2.08. The van der Waals surface area contributed by atoms with Gasteiger partial charge in [-0.05, 0) is 52.1 Å². The van der Waals surface area contributed by atoms with Crippen LogP contribution >= 0.6 is 34.4 Å². The van der Waals surface area contributed by atoms with Crippen LogP contribution < -0.4 is 0 Å². The Kier molecular flexibility index (Phi) is 4.74. The summed E-state index contributed by atoms with van der Waals surface area (Å²) in [5.41, 5.74) is 0.875. The molecule has 0 aromatic heterocycles. The van der Waals surface area contributed by atoms with Gasteiger partial charge in [-0.25, -0.2) is 0 Å². The maximum Gasteiger partial charge on any atom is 0.307 e. The number of aliphatic carboxylic acids is 1. The maximum absolute atomic E-state index is 10.5. The summed E-state index contributed by atoms with van der Waals surface area (Å²) in [5.74, 6) is 0.228. The van der Waals surface area contributed by atoms with E-state index in [1.807, 2.05) is 12.1 Å². The van der Waals surface area contributed by atoms with Crippen LogP contribution in [0.1, 0.15) is 12.5 Å². The van der Waals surface area contributed by atoms with Gasteiger partial charge in [0.05, 0.1) is 6.42 Å². The molecule has 1 aromatic carbocycles. The predicted molar refractivity (Wildman–Crippen MR) is 66.9 cm³/mol. The SMILES string of the molecule is CCSc1cc(I)cc(CC(=O)O)c1. The van der Waals surface area contributed by atoms with Gasteiger partial charge in [-0.2, -0.15) is 0 Å². The van der Waals surface area contributed by atoms with E-state index in [-0.39, 0.29) is 6.42 Å². The fraction of sp³-hybridized carbons (Fsp3) is 0.300. The lowest BCUT2D eigenvalue weighted by Crippen LogP contribution is -2.00. The summed E-state index contributed by atoms with van der Waals surface area (Å²) in [4.78, 5) is 11.7. The van der Waals surface area contributed by atoms with Gasteiger partial charge in [0.25, 0.3) is 0 Å². The molecule has 0 saturated heterocycles. The van der Waals surface area contributed by atoms with E-state index in [4.69, 9.17) is 5.11 Å². The number of halogens is 1. The number of carboxylic acids is 1. The third-order valence-electron chi connectivity index (χ3n) is 1.60. The van der Waals surface area contributed by atoms with Crippen LogP contribution in [0.4, 0.5) is 0 Å². The first-order valence-corrected chi connectivity index (χ1v) is 6.32. The highest BCUT2D eigenvalue weighted by molar-refractivity contribution is 14.1. The Labute approximate surface area is 101 Å². The van der Waals surface area contributed by atoms with E-state index in [0.717, 1.165) is 19.8 Å². The van der Waals surface area contributed by atoms with E-state index in [9.17, 15) is 4.79 Å². The van der Waals surface area contributed by atoms with E-state index in [1.165, 1.54) is 0 Å². The molecule has 0 fully saturated rings. The first-order valence-electron chi connectivity index (χ1n) is 4.26. The van der Waals surface area contributed by atoms with Crippen LogP contribution in [0.2, 0.25) is 0 Å². The van der Waals surface area contributed by atoms with Gasteiger partial charge in [-0.1, -0.05) is 6.92 Å². The molecule has 0 unspecified atom stereocenters. The highest BCUT2D eigenvalue weighted by atomic mass is 127. The molecule has 0 bridgehead atoms. The fourth-order valence-corrected chi connectivity index (χ4v) is 2.87. The third-order valence-corrected chi connectivity index (χ3v) is 3.08. The molecule has 0 atom stereocenters. The summed E-state index contributed by atoms with van der Waals surface area (Å²) < 4.78 is 1.09. The van der Waals surface area contributed by atoms with E-state index in [0.29, 0.717) is 0 Å². The molecule has 0 saturated carbocycles. The normalized spacial score (nSPS) is 10.1. The zero-order chi connectivity index (χ0) is 10.6. The number of carbonyl (C=O) groups is 1. The highest BCUT2D eigenvalue weighted by Crippen LogP contribution is 2.22. The zero-order valence-corrected chi connectivity index (χ0v) is 10.8. The van der Waals surface area contributed by atoms with E-state index >= 15 is 0 Å². The lowest BCUT2D eigenvalue weighted by atomic mass is 10.2. The molecule has 1 rings (SSSR count). The van der Waals surface area contributed by atoms with Gasteiger partial charge in [0.15, 0.2) is 0 Å². The summed E-state index contributed by atoms with van der Waals surface area (Å²) in [6.07, 6.45) is 0.105. The van der Waals surface area contributed by atoms with E-state index < -0.39 is 5.97 Å². The van der Waals surface area contributed by atoms with Gasteiger partial charge in [0.2, 0.25) is 0 Å². The predicted octanol–water partition coefficient (Wildman–Crippen LogP) is 3.03. The van der Waals surface area contributed by atoms with Gasteiger partial charge >= 0.3 is 5.97 Å². The van der Waals surface area contributed by atoms with E-state index in [2.05, 4.69) is 35.6 Å². The molecule has 0 radical (unpaired) electrons. The Morgan fingerprint density at radius 2 is 2.21 bits per heavy atom. The van der Waals surface area contributed by atoms with Gasteiger partial charge < -0.3 is 5.11 Å². The van der Waals surface area contributed by atoms with Crippen molar-refractivity contribution < 1.29 is 9.90 Å². The smallest absolute Gasteiger partial charge is 0.307 e. The molecular formula is C10H11IO2S. The molecule has 2 nitrogen and oxygen atoms in total. The Morgan fingerprint density at radius 3 is 2.79 bits per heavy atom. The molecule has 1 N–H and O–H groups in total. The van der Waals surface area contributed by atoms with E-state index in [1.54, 1.807) is 11.8 Å². The monoisotopic (exact) mass is 322 g/mol. The molecule has 0 aliphatic rings. The number of thioether (sulfide) groups is 1. The van der Waals surface area contributed by atoms with Crippen molar-refractivity contribution in [1.29, 1.82) is 0 Å². The second-order valence-electron chi connectivity index (χ2n) is 2.80. The maximum atomic E-state index is 10.5. The van der Waals surface area contributed by atoms with Gasteiger partial charge in [0.1, 0.15) is 0 Å². The molecular weight excluding hydrogens is 311 g/mol. The van der Waals surface area contributed by atoms with Gasteiger partial charge in [-0.3, -0.25) is 4.79 Å². The molecule has 0 aliphatic carbocycles. The van der Waals surface area contributed by atoms with Crippen LogP contribution in [0.25, 0.3) is 0 Å². The zero-order valence-electron chi connectivity index (χ0n) is 7.79. The van der Waals surface area contributed by atoms with Crippen molar-refractivity contribution in [1.82, 2.24) is 0 Å². The van der Waals surface area contributed by atoms with Crippen molar-refractivity contribution in [3.8, 4) is 0 Å². The van der Waals surface area contributed by atoms with Gasteiger partial charge in [-0.15, -0.1) is 11.8 Å². The van der Waals surface area contributed by atoms with Gasteiger partial charge in [0, 0.05) is 8.47 Å². The van der Waals surface area contributed by atoms with Crippen LogP contribution in [0.5, 0.6) is 0 Å². The summed E-state index contributed by atoms with van der Waals surface area (Å²) in [5, 5.41) is 8.67. The van der Waals surface area contributed by atoms with Crippen molar-refractivity contribution in [2.45, 2.75) is 18.2 Å². The number of carboxylic acid groups (broad SMARTS) is 1. The van der Waals surface area contributed by atoms with Crippen LogP contribution in [-0.4, -0.2) is 16.8 Å². The first-order chi connectivity index (χ1) is 6.61. The summed E-state index contributed by atoms with van der Waals surface area (Å²) in [6, 6.07) is 5.93. The first kappa shape index (κ1) is 11.8. The fourth-order valence-electron chi connectivity index (χ4n) is 1.15. The molecule has 14 heavy (non-hydrogen) atoms. The van der Waals surface area contributed by atoms with Crippen LogP contribution in [0.15, 0.2) is 23.1 Å². The third kappa shape index (κ3) is 3.88. The van der Waals surface area contributed by atoms with Crippen molar-refractivity contribution >= 4 is 40.3 Å². The number of rotatable bonds is 4. The van der Waals surface area contributed by atoms with Crippen molar-refractivity contribution in [2.24, 2.45) is 0 Å². The van der Waals surface area contributed by atoms with Crippen molar-refractivity contribution in [3.05, 3.63) is 27.3 Å². The van der Waals surface area contributed by atoms with Crippen LogP contribution in [-0.2, 0) is 11.2 Å². The molecule has 0 amide bonds. The lowest BCUT2D eigenvalue weighted by molar-refractivity contribution is -0.136. The van der Waals surface area contributed by atoms with Crippen LogP contribution in [0, 0.1) is 3.57 Å². The quantitative estimate of drug-likeness (QED) is 0.684. The minimum absolute atomic E-state index is 0.105. The number of hydrogen-bond acceptors (Lipinski definition) is 2. The Balaban J connectivity index is 2.88. The number of benzene rings is 1. The molecule has 0 heterocycles. The standard InChI is InChI=1S/C10H11IO2S/c1-2-14-9-4-7(5-10(12)13)3-8(11)6-9/h3-4,6H,2,5H2,1H3,(H,12,13). The molecule has 4 heteroatoms. The lowest BCUT2D eigenvalue weighted by Gasteiger charge is -2.03.